The fourth-order valence-electron chi connectivity index (χ4n) is 3.20. The Labute approximate surface area is 168 Å². The molecular weight excluding hydrogens is 392 g/mol. The average molecular weight is 413 g/mol. The number of fused-ring (bicyclic) bond motifs is 1. The van der Waals surface area contributed by atoms with Gasteiger partial charge in [0.15, 0.2) is 0 Å². The first kappa shape index (κ1) is 18.9. The second-order valence-corrected chi connectivity index (χ2v) is 9.50. The van der Waals surface area contributed by atoms with Gasteiger partial charge in [-0.25, -0.2) is 8.42 Å². The van der Waals surface area contributed by atoms with Gasteiger partial charge in [-0.1, -0.05) is 48.5 Å². The Morgan fingerprint density at radius 1 is 0.929 bits per heavy atom. The summed E-state index contributed by atoms with van der Waals surface area (Å²) in [6, 6.07) is 19.1. The molecule has 0 radical (unpaired) electrons. The molecule has 0 bridgehead atoms. The molecule has 1 aliphatic heterocycles. The molecule has 0 aliphatic carbocycles. The van der Waals surface area contributed by atoms with Crippen LogP contribution >= 0.6 is 11.3 Å². The lowest BCUT2D eigenvalue weighted by atomic mass is 10.2. The van der Waals surface area contributed by atoms with Gasteiger partial charge < -0.3 is 4.90 Å². The van der Waals surface area contributed by atoms with E-state index in [-0.39, 0.29) is 5.91 Å². The number of piperazine rings is 1. The van der Waals surface area contributed by atoms with Gasteiger partial charge in [-0.3, -0.25) is 4.79 Å². The largest absolute Gasteiger partial charge is 0.335 e. The van der Waals surface area contributed by atoms with Crippen molar-refractivity contribution in [3.63, 3.8) is 0 Å². The second-order valence-electron chi connectivity index (χ2n) is 6.60. The Hall–Kier alpha value is -2.48. The first-order valence-corrected chi connectivity index (χ1v) is 11.4. The molecule has 1 amide bonds. The summed E-state index contributed by atoms with van der Waals surface area (Å²) in [6.07, 6.45) is 1.60. The minimum Gasteiger partial charge on any atom is -0.335 e. The highest BCUT2D eigenvalue weighted by molar-refractivity contribution is 7.92. The van der Waals surface area contributed by atoms with Crippen LogP contribution in [0, 0.1) is 0 Å². The molecule has 7 heteroatoms. The number of amides is 1. The molecule has 0 N–H and O–H groups in total. The van der Waals surface area contributed by atoms with E-state index in [1.165, 1.54) is 21.1 Å². The van der Waals surface area contributed by atoms with E-state index in [9.17, 15) is 13.2 Å². The molecule has 0 spiro atoms. The number of nitrogens with zero attached hydrogens (tertiary/aromatic N) is 2. The fraction of sp³-hybridized carbons (Fsp3) is 0.190. The molecule has 144 valence electrons. The lowest BCUT2D eigenvalue weighted by Crippen LogP contribution is -2.49. The summed E-state index contributed by atoms with van der Waals surface area (Å²) in [4.78, 5) is 15.2. The molecule has 1 saturated heterocycles. The van der Waals surface area contributed by atoms with Crippen molar-refractivity contribution in [1.29, 1.82) is 0 Å². The molecule has 0 unspecified atom stereocenters. The van der Waals surface area contributed by atoms with Crippen LogP contribution in [0.5, 0.6) is 0 Å². The quantitative estimate of drug-likeness (QED) is 0.657. The van der Waals surface area contributed by atoms with Crippen LogP contribution in [0.1, 0.15) is 15.2 Å². The first-order valence-electron chi connectivity index (χ1n) is 9.04. The predicted octanol–water partition coefficient (Wildman–Crippen LogP) is 3.66. The van der Waals surface area contributed by atoms with E-state index in [1.807, 2.05) is 60.7 Å². The van der Waals surface area contributed by atoms with Crippen LogP contribution in [-0.4, -0.2) is 49.7 Å². The summed E-state index contributed by atoms with van der Waals surface area (Å²) in [5, 5.41) is 2.30. The van der Waals surface area contributed by atoms with Crippen molar-refractivity contribution in [2.45, 2.75) is 0 Å². The molecule has 5 nitrogen and oxygen atoms in total. The normalized spacial score (nSPS) is 16.1. The Bertz CT molecular complexity index is 1080. The second kappa shape index (κ2) is 7.87. The van der Waals surface area contributed by atoms with Crippen LogP contribution in [0.2, 0.25) is 0 Å². The third kappa shape index (κ3) is 4.01. The average Bonchev–Trinajstić information content (AvgIpc) is 3.17. The third-order valence-electron chi connectivity index (χ3n) is 4.75. The maximum atomic E-state index is 12.8. The third-order valence-corrected chi connectivity index (χ3v) is 7.42. The Balaban J connectivity index is 1.41. The van der Waals surface area contributed by atoms with Crippen molar-refractivity contribution < 1.29 is 13.2 Å². The van der Waals surface area contributed by atoms with Gasteiger partial charge in [0.05, 0.1) is 4.88 Å². The maximum absolute atomic E-state index is 12.8. The number of thiophene rings is 1. The number of hydrogen-bond donors (Lipinski definition) is 0. The summed E-state index contributed by atoms with van der Waals surface area (Å²) in [5.41, 5.74) is 0.838. The van der Waals surface area contributed by atoms with Crippen molar-refractivity contribution in [2.24, 2.45) is 0 Å². The zero-order valence-electron chi connectivity index (χ0n) is 15.2. The Kier molecular flexibility index (Phi) is 5.30. The van der Waals surface area contributed by atoms with Crippen molar-refractivity contribution in [3.05, 3.63) is 76.5 Å². The molecule has 4 rings (SSSR count). The maximum Gasteiger partial charge on any atom is 0.264 e. The molecule has 2 aromatic carbocycles. The van der Waals surface area contributed by atoms with Gasteiger partial charge in [0, 0.05) is 36.3 Å². The number of carbonyl (C=O) groups is 1. The number of benzene rings is 2. The molecule has 1 aliphatic rings. The molecule has 1 fully saturated rings. The predicted molar refractivity (Wildman–Crippen MR) is 114 cm³/mol. The molecule has 0 saturated carbocycles. The zero-order valence-corrected chi connectivity index (χ0v) is 16.8. The van der Waals surface area contributed by atoms with Crippen LogP contribution in [0.25, 0.3) is 16.2 Å². The minimum absolute atomic E-state index is 0.0296. The minimum atomic E-state index is -3.50. The monoisotopic (exact) mass is 412 g/mol. The van der Waals surface area contributed by atoms with Crippen molar-refractivity contribution in [2.75, 3.05) is 26.2 Å². The number of sulfonamides is 1. The summed E-state index contributed by atoms with van der Waals surface area (Å²) in [6.45, 7) is 1.40. The van der Waals surface area contributed by atoms with Crippen LogP contribution < -0.4 is 0 Å². The number of hydrogen-bond acceptors (Lipinski definition) is 4. The van der Waals surface area contributed by atoms with E-state index in [0.29, 0.717) is 31.1 Å². The van der Waals surface area contributed by atoms with Gasteiger partial charge in [-0.15, -0.1) is 11.3 Å². The van der Waals surface area contributed by atoms with E-state index in [4.69, 9.17) is 0 Å². The van der Waals surface area contributed by atoms with Gasteiger partial charge in [0.25, 0.3) is 5.91 Å². The highest BCUT2D eigenvalue weighted by atomic mass is 32.2. The van der Waals surface area contributed by atoms with Crippen molar-refractivity contribution in [3.8, 4) is 0 Å². The lowest BCUT2D eigenvalue weighted by Gasteiger charge is -2.33. The molecular formula is C21H20N2O3S2. The fourth-order valence-corrected chi connectivity index (χ4v) is 5.41. The summed E-state index contributed by atoms with van der Waals surface area (Å²) in [7, 11) is -3.50. The van der Waals surface area contributed by atoms with E-state index in [0.717, 1.165) is 15.6 Å². The number of rotatable bonds is 4. The molecule has 0 atom stereocenters. The molecule has 28 heavy (non-hydrogen) atoms. The Morgan fingerprint density at radius 3 is 2.32 bits per heavy atom. The van der Waals surface area contributed by atoms with Crippen LogP contribution in [0.15, 0.2) is 66.1 Å². The Morgan fingerprint density at radius 2 is 1.61 bits per heavy atom. The highest BCUT2D eigenvalue weighted by Crippen LogP contribution is 2.26. The van der Waals surface area contributed by atoms with Crippen LogP contribution in [0.3, 0.4) is 0 Å². The molecule has 2 heterocycles. The van der Waals surface area contributed by atoms with E-state index < -0.39 is 10.0 Å². The lowest BCUT2D eigenvalue weighted by molar-refractivity contribution is 0.0703. The van der Waals surface area contributed by atoms with Crippen molar-refractivity contribution >= 4 is 43.4 Å². The van der Waals surface area contributed by atoms with Gasteiger partial charge in [0.1, 0.15) is 0 Å². The summed E-state index contributed by atoms with van der Waals surface area (Å²) < 4.78 is 27.6. The van der Waals surface area contributed by atoms with Crippen molar-refractivity contribution in [1.82, 2.24) is 9.21 Å². The first-order chi connectivity index (χ1) is 13.5. The van der Waals surface area contributed by atoms with Gasteiger partial charge in [-0.2, -0.15) is 4.31 Å². The standard InChI is InChI=1S/C21H20N2O3S2/c24-21(20-16-18-8-4-5-9-19(18)27-20)22-11-13-23(14-12-22)28(25,26)15-10-17-6-2-1-3-7-17/h1-10,15-16H,11-14H2. The summed E-state index contributed by atoms with van der Waals surface area (Å²) in [5.74, 6) is -0.0296. The van der Waals surface area contributed by atoms with Gasteiger partial charge >= 0.3 is 0 Å². The summed E-state index contributed by atoms with van der Waals surface area (Å²) >= 11 is 1.48. The van der Waals surface area contributed by atoms with Gasteiger partial charge in [-0.05, 0) is 29.2 Å². The molecule has 3 aromatic rings. The highest BCUT2D eigenvalue weighted by Gasteiger charge is 2.28. The smallest absolute Gasteiger partial charge is 0.264 e. The number of carbonyl (C=O) groups excluding carboxylic acids is 1. The van der Waals surface area contributed by atoms with Gasteiger partial charge in [0.2, 0.25) is 10.0 Å². The zero-order chi connectivity index (χ0) is 19.6. The van der Waals surface area contributed by atoms with E-state index >= 15 is 0 Å². The van der Waals surface area contributed by atoms with Crippen LogP contribution in [-0.2, 0) is 10.0 Å². The van der Waals surface area contributed by atoms with E-state index in [1.54, 1.807) is 11.0 Å². The topological polar surface area (TPSA) is 57.7 Å². The SMILES string of the molecule is O=C(c1cc2ccccc2s1)N1CCN(S(=O)(=O)C=Cc2ccccc2)CC1. The van der Waals surface area contributed by atoms with E-state index in [2.05, 4.69) is 0 Å². The van der Waals surface area contributed by atoms with Crippen LogP contribution in [0.4, 0.5) is 0 Å². The molecule has 1 aromatic heterocycles.